The summed E-state index contributed by atoms with van der Waals surface area (Å²) in [6.07, 6.45) is 3.88. The van der Waals surface area contributed by atoms with Crippen LogP contribution in [0.4, 0.5) is 0 Å². The van der Waals surface area contributed by atoms with Gasteiger partial charge in [-0.3, -0.25) is 14.7 Å². The lowest BCUT2D eigenvalue weighted by atomic mass is 9.96. The molecule has 1 aromatic rings. The highest BCUT2D eigenvalue weighted by Gasteiger charge is 2.26. The molecule has 0 unspecified atom stereocenters. The van der Waals surface area contributed by atoms with Crippen molar-refractivity contribution in [3.05, 3.63) is 18.0 Å². The van der Waals surface area contributed by atoms with E-state index in [1.54, 1.807) is 11.1 Å². The summed E-state index contributed by atoms with van der Waals surface area (Å²) in [4.78, 5) is 25.7. The SMILES string of the molecule is CCOCC(=O)N1CCC(C(=O)NCCc2ccn[nH]2)CC1. The van der Waals surface area contributed by atoms with E-state index in [2.05, 4.69) is 15.5 Å². The molecule has 7 heteroatoms. The fourth-order valence-electron chi connectivity index (χ4n) is 2.56. The van der Waals surface area contributed by atoms with E-state index in [1.165, 1.54) is 0 Å². The molecule has 1 aliphatic heterocycles. The zero-order valence-corrected chi connectivity index (χ0v) is 13.0. The Hall–Kier alpha value is -1.89. The fourth-order valence-corrected chi connectivity index (χ4v) is 2.56. The van der Waals surface area contributed by atoms with E-state index < -0.39 is 0 Å². The lowest BCUT2D eigenvalue weighted by Crippen LogP contribution is -2.44. The molecule has 22 heavy (non-hydrogen) atoms. The van der Waals surface area contributed by atoms with Crippen molar-refractivity contribution in [1.82, 2.24) is 20.4 Å². The van der Waals surface area contributed by atoms with Gasteiger partial charge in [-0.2, -0.15) is 5.10 Å². The Morgan fingerprint density at radius 2 is 2.23 bits per heavy atom. The molecule has 2 N–H and O–H groups in total. The highest BCUT2D eigenvalue weighted by atomic mass is 16.5. The second kappa shape index (κ2) is 8.53. The van der Waals surface area contributed by atoms with Gasteiger partial charge < -0.3 is 15.0 Å². The molecule has 2 rings (SSSR count). The first-order chi connectivity index (χ1) is 10.7. The quantitative estimate of drug-likeness (QED) is 0.760. The molecule has 0 radical (unpaired) electrons. The van der Waals surface area contributed by atoms with Crippen LogP contribution in [0.2, 0.25) is 0 Å². The van der Waals surface area contributed by atoms with Crippen LogP contribution in [-0.4, -0.2) is 59.8 Å². The van der Waals surface area contributed by atoms with Crippen molar-refractivity contribution in [2.45, 2.75) is 26.2 Å². The number of rotatable bonds is 7. The highest BCUT2D eigenvalue weighted by molar-refractivity contribution is 5.80. The number of aromatic nitrogens is 2. The zero-order chi connectivity index (χ0) is 15.8. The predicted molar refractivity (Wildman–Crippen MR) is 81.1 cm³/mol. The van der Waals surface area contributed by atoms with E-state index >= 15 is 0 Å². The number of ether oxygens (including phenoxy) is 1. The minimum atomic E-state index is -0.00193. The average Bonchev–Trinajstić information content (AvgIpc) is 3.06. The largest absolute Gasteiger partial charge is 0.372 e. The molecule has 1 aromatic heterocycles. The van der Waals surface area contributed by atoms with Gasteiger partial charge >= 0.3 is 0 Å². The van der Waals surface area contributed by atoms with E-state index in [4.69, 9.17) is 4.74 Å². The van der Waals surface area contributed by atoms with E-state index in [-0.39, 0.29) is 24.3 Å². The van der Waals surface area contributed by atoms with Crippen molar-refractivity contribution in [2.75, 3.05) is 32.8 Å². The van der Waals surface area contributed by atoms with Gasteiger partial charge in [-0.25, -0.2) is 0 Å². The Labute approximate surface area is 130 Å². The number of hydrogen-bond donors (Lipinski definition) is 2. The summed E-state index contributed by atoms with van der Waals surface area (Å²) in [5, 5.41) is 9.69. The molecule has 0 spiro atoms. The van der Waals surface area contributed by atoms with Gasteiger partial charge in [0.15, 0.2) is 0 Å². The second-order valence-corrected chi connectivity index (χ2v) is 5.42. The van der Waals surface area contributed by atoms with Gasteiger partial charge in [0.1, 0.15) is 6.61 Å². The number of aromatic amines is 1. The third kappa shape index (κ3) is 4.84. The highest BCUT2D eigenvalue weighted by Crippen LogP contribution is 2.17. The number of likely N-dealkylation sites (tertiary alicyclic amines) is 1. The zero-order valence-electron chi connectivity index (χ0n) is 13.0. The molecular formula is C15H24N4O3. The van der Waals surface area contributed by atoms with Crippen molar-refractivity contribution < 1.29 is 14.3 Å². The van der Waals surface area contributed by atoms with Crippen LogP contribution in [0.1, 0.15) is 25.5 Å². The smallest absolute Gasteiger partial charge is 0.248 e. The molecular weight excluding hydrogens is 284 g/mol. The molecule has 0 bridgehead atoms. The molecule has 0 saturated carbocycles. The van der Waals surface area contributed by atoms with Crippen LogP contribution >= 0.6 is 0 Å². The molecule has 7 nitrogen and oxygen atoms in total. The van der Waals surface area contributed by atoms with Crippen molar-refractivity contribution in [2.24, 2.45) is 5.92 Å². The first kappa shape index (κ1) is 16.5. The minimum Gasteiger partial charge on any atom is -0.372 e. The van der Waals surface area contributed by atoms with E-state index in [0.717, 1.165) is 12.1 Å². The van der Waals surface area contributed by atoms with Gasteiger partial charge in [0.2, 0.25) is 11.8 Å². The lowest BCUT2D eigenvalue weighted by molar-refractivity contribution is -0.139. The normalized spacial score (nSPS) is 15.8. The molecule has 0 aliphatic carbocycles. The molecule has 2 heterocycles. The summed E-state index contributed by atoms with van der Waals surface area (Å²) in [6.45, 7) is 4.41. The third-order valence-electron chi connectivity index (χ3n) is 3.90. The molecule has 0 atom stereocenters. The van der Waals surface area contributed by atoms with Crippen LogP contribution in [0.5, 0.6) is 0 Å². The van der Waals surface area contributed by atoms with Crippen LogP contribution in [0.25, 0.3) is 0 Å². The van der Waals surface area contributed by atoms with Crippen LogP contribution in [0.15, 0.2) is 12.3 Å². The summed E-state index contributed by atoms with van der Waals surface area (Å²) in [7, 11) is 0. The molecule has 1 aliphatic rings. The number of hydrogen-bond acceptors (Lipinski definition) is 4. The Bertz CT molecular complexity index is 467. The van der Waals surface area contributed by atoms with Crippen molar-refractivity contribution in [3.63, 3.8) is 0 Å². The monoisotopic (exact) mass is 308 g/mol. The van der Waals surface area contributed by atoms with Gasteiger partial charge in [0, 0.05) is 50.5 Å². The summed E-state index contributed by atoms with van der Waals surface area (Å²) >= 11 is 0. The van der Waals surface area contributed by atoms with E-state index in [1.807, 2.05) is 13.0 Å². The van der Waals surface area contributed by atoms with E-state index in [0.29, 0.717) is 39.1 Å². The summed E-state index contributed by atoms with van der Waals surface area (Å²) < 4.78 is 5.13. The maximum Gasteiger partial charge on any atom is 0.248 e. The number of piperidine rings is 1. The van der Waals surface area contributed by atoms with Crippen molar-refractivity contribution in [3.8, 4) is 0 Å². The van der Waals surface area contributed by atoms with Crippen molar-refractivity contribution >= 4 is 11.8 Å². The van der Waals surface area contributed by atoms with Crippen LogP contribution in [0, 0.1) is 5.92 Å². The Kier molecular flexibility index (Phi) is 6.39. The number of carbonyl (C=O) groups is 2. The topological polar surface area (TPSA) is 87.3 Å². The van der Waals surface area contributed by atoms with Crippen LogP contribution in [0.3, 0.4) is 0 Å². The number of H-pyrrole nitrogens is 1. The van der Waals surface area contributed by atoms with Gasteiger partial charge in [-0.1, -0.05) is 0 Å². The number of nitrogens with zero attached hydrogens (tertiary/aromatic N) is 2. The van der Waals surface area contributed by atoms with Gasteiger partial charge in [0.05, 0.1) is 0 Å². The maximum atomic E-state index is 12.1. The van der Waals surface area contributed by atoms with Crippen molar-refractivity contribution in [1.29, 1.82) is 0 Å². The molecule has 0 aromatic carbocycles. The molecule has 122 valence electrons. The second-order valence-electron chi connectivity index (χ2n) is 5.42. The van der Waals surface area contributed by atoms with Crippen LogP contribution < -0.4 is 5.32 Å². The maximum absolute atomic E-state index is 12.1. The fraction of sp³-hybridized carbons (Fsp3) is 0.667. The Morgan fingerprint density at radius 3 is 2.86 bits per heavy atom. The molecule has 2 amide bonds. The van der Waals surface area contributed by atoms with Crippen LogP contribution in [-0.2, 0) is 20.7 Å². The van der Waals surface area contributed by atoms with E-state index in [9.17, 15) is 9.59 Å². The van der Waals surface area contributed by atoms with Gasteiger partial charge in [-0.05, 0) is 25.8 Å². The molecule has 1 fully saturated rings. The lowest BCUT2D eigenvalue weighted by Gasteiger charge is -2.31. The first-order valence-corrected chi connectivity index (χ1v) is 7.82. The Balaban J connectivity index is 1.65. The summed E-state index contributed by atoms with van der Waals surface area (Å²) in [5.74, 6) is 0.0919. The average molecular weight is 308 g/mol. The number of carbonyl (C=O) groups excluding carboxylic acids is 2. The Morgan fingerprint density at radius 1 is 1.45 bits per heavy atom. The third-order valence-corrected chi connectivity index (χ3v) is 3.90. The number of amides is 2. The standard InChI is InChI=1S/C15H24N4O3/c1-2-22-11-14(20)19-9-5-12(6-10-19)15(21)16-7-3-13-4-8-17-18-13/h4,8,12H,2-3,5-7,9-11H2,1H3,(H,16,21)(H,17,18). The first-order valence-electron chi connectivity index (χ1n) is 7.82. The summed E-state index contributed by atoms with van der Waals surface area (Å²) in [5.41, 5.74) is 1.01. The minimum absolute atomic E-state index is 0.00193. The predicted octanol–water partition coefficient (Wildman–Crippen LogP) is 0.344. The van der Waals surface area contributed by atoms with Gasteiger partial charge in [-0.15, -0.1) is 0 Å². The van der Waals surface area contributed by atoms with Gasteiger partial charge in [0.25, 0.3) is 0 Å². The molecule has 1 saturated heterocycles. The number of nitrogens with one attached hydrogen (secondary N) is 2. The summed E-state index contributed by atoms with van der Waals surface area (Å²) in [6, 6.07) is 1.90.